The quantitative estimate of drug-likeness (QED) is 0.136. The lowest BCUT2D eigenvalue weighted by Gasteiger charge is -2.15. The van der Waals surface area contributed by atoms with E-state index in [9.17, 15) is 4.39 Å². The zero-order chi connectivity index (χ0) is 31.6. The highest BCUT2D eigenvalue weighted by Gasteiger charge is 2.17. The summed E-state index contributed by atoms with van der Waals surface area (Å²) in [7, 11) is 0. The van der Waals surface area contributed by atoms with Crippen LogP contribution in [0.1, 0.15) is 44.1 Å². The number of fused-ring (bicyclic) bond motifs is 2. The lowest BCUT2D eigenvalue weighted by Crippen LogP contribution is -2.25. The molecule has 0 atom stereocenters. The molecule has 47 heavy (non-hydrogen) atoms. The van der Waals surface area contributed by atoms with E-state index >= 15 is 0 Å². The zero-order valence-electron chi connectivity index (χ0n) is 26.6. The number of ether oxygens (including phenoxy) is 1. The summed E-state index contributed by atoms with van der Waals surface area (Å²) < 4.78 is 20.8. The number of rotatable bonds is 11. The Kier molecular flexibility index (Phi) is 8.40. The van der Waals surface area contributed by atoms with Crippen molar-refractivity contribution in [2.24, 2.45) is 5.92 Å². The number of H-pyrrole nitrogens is 2. The molecule has 8 rings (SSSR count). The Hall–Kier alpha value is -4.60. The van der Waals surface area contributed by atoms with Crippen LogP contribution in [0.5, 0.6) is 5.75 Å². The fourth-order valence-electron chi connectivity index (χ4n) is 7.29. The van der Waals surface area contributed by atoms with Crippen LogP contribution >= 0.6 is 0 Å². The van der Waals surface area contributed by atoms with Crippen LogP contribution in [-0.4, -0.2) is 62.8 Å². The fourth-order valence-corrected chi connectivity index (χ4v) is 7.29. The molecule has 1 saturated carbocycles. The first-order valence-corrected chi connectivity index (χ1v) is 16.9. The number of aromatic nitrogens is 5. The van der Waals surface area contributed by atoms with Gasteiger partial charge in [-0.1, -0.05) is 18.9 Å². The molecule has 2 aromatic carbocycles. The maximum Gasteiger partial charge on any atom is 0.127 e. The minimum absolute atomic E-state index is 0.333. The van der Waals surface area contributed by atoms with Crippen molar-refractivity contribution in [1.82, 2.24) is 35.4 Å². The fraction of sp³-hybridized carbons (Fsp3) is 0.342. The second kappa shape index (κ2) is 13.3. The summed E-state index contributed by atoms with van der Waals surface area (Å²) >= 11 is 0. The highest BCUT2D eigenvalue weighted by molar-refractivity contribution is 6.01. The highest BCUT2D eigenvalue weighted by atomic mass is 19.1. The SMILES string of the molecule is Fc1cc(OCCN2CCCC2)cc(-c2cncc3[nH]c(-c4n[nH]c5ccc(-c6cncc(CNCC7CCCC7)c6)cc45)cc23)c1. The van der Waals surface area contributed by atoms with Crippen molar-refractivity contribution in [2.45, 2.75) is 45.1 Å². The predicted octanol–water partition coefficient (Wildman–Crippen LogP) is 7.73. The summed E-state index contributed by atoms with van der Waals surface area (Å²) in [4.78, 5) is 14.9. The van der Waals surface area contributed by atoms with Gasteiger partial charge in [0.1, 0.15) is 23.9 Å². The van der Waals surface area contributed by atoms with E-state index < -0.39 is 0 Å². The number of nitrogens with one attached hydrogen (secondary N) is 3. The van der Waals surface area contributed by atoms with Crippen molar-refractivity contribution in [3.63, 3.8) is 0 Å². The second-order valence-electron chi connectivity index (χ2n) is 13.1. The summed E-state index contributed by atoms with van der Waals surface area (Å²) in [5, 5.41) is 13.5. The first kappa shape index (κ1) is 29.8. The van der Waals surface area contributed by atoms with E-state index in [1.165, 1.54) is 50.2 Å². The maximum atomic E-state index is 14.8. The lowest BCUT2D eigenvalue weighted by atomic mass is 10.0. The Morgan fingerprint density at radius 2 is 1.70 bits per heavy atom. The second-order valence-corrected chi connectivity index (χ2v) is 13.1. The van der Waals surface area contributed by atoms with Gasteiger partial charge in [0.25, 0.3) is 0 Å². The standard InChI is InChI=1S/C38H40FN7O/c39-30-14-28(15-31(17-30)47-12-11-46-9-3-4-10-46)34-23-42-24-37-32(34)18-36(43-37)38-33-16-27(7-8-35(33)44-45-38)29-13-26(21-41-22-29)20-40-19-25-5-1-2-6-25/h7-8,13-18,21-25,40,43H,1-6,9-12,19-20H2,(H,44,45). The Morgan fingerprint density at radius 1 is 0.830 bits per heavy atom. The summed E-state index contributed by atoms with van der Waals surface area (Å²) in [5.41, 5.74) is 8.38. The van der Waals surface area contributed by atoms with Gasteiger partial charge in [-0.15, -0.1) is 0 Å². The summed E-state index contributed by atoms with van der Waals surface area (Å²) in [6.07, 6.45) is 15.3. The molecule has 1 aliphatic heterocycles. The summed E-state index contributed by atoms with van der Waals surface area (Å²) in [5.74, 6) is 1.00. The van der Waals surface area contributed by atoms with Crippen LogP contribution in [0.15, 0.2) is 73.3 Å². The van der Waals surface area contributed by atoms with Gasteiger partial charge in [0.2, 0.25) is 0 Å². The van der Waals surface area contributed by atoms with Gasteiger partial charge in [-0.3, -0.25) is 20.0 Å². The molecule has 0 radical (unpaired) electrons. The first-order valence-electron chi connectivity index (χ1n) is 16.9. The highest BCUT2D eigenvalue weighted by Crippen LogP contribution is 2.36. The van der Waals surface area contributed by atoms with Gasteiger partial charge in [0.15, 0.2) is 0 Å². The number of aromatic amines is 2. The Labute approximate surface area is 273 Å². The first-order chi connectivity index (χ1) is 23.2. The molecule has 2 fully saturated rings. The molecule has 1 aliphatic carbocycles. The van der Waals surface area contributed by atoms with E-state index in [0.717, 1.165) is 94.1 Å². The molecular weight excluding hydrogens is 589 g/mol. The molecule has 9 heteroatoms. The van der Waals surface area contributed by atoms with Crippen LogP contribution in [0.3, 0.4) is 0 Å². The minimum atomic E-state index is -0.333. The van der Waals surface area contributed by atoms with E-state index in [2.05, 4.69) is 60.6 Å². The smallest absolute Gasteiger partial charge is 0.127 e. The topological polar surface area (TPSA) is 94.8 Å². The van der Waals surface area contributed by atoms with Crippen molar-refractivity contribution < 1.29 is 9.13 Å². The third-order valence-corrected chi connectivity index (χ3v) is 9.79. The third-order valence-electron chi connectivity index (χ3n) is 9.79. The molecule has 5 heterocycles. The molecule has 2 aliphatic rings. The minimum Gasteiger partial charge on any atom is -0.492 e. The van der Waals surface area contributed by atoms with Crippen LogP contribution in [0, 0.1) is 11.7 Å². The molecule has 3 N–H and O–H groups in total. The van der Waals surface area contributed by atoms with Gasteiger partial charge >= 0.3 is 0 Å². The number of likely N-dealkylation sites (tertiary alicyclic amines) is 1. The van der Waals surface area contributed by atoms with Crippen molar-refractivity contribution >= 4 is 21.8 Å². The molecule has 0 spiro atoms. The van der Waals surface area contributed by atoms with Crippen LogP contribution in [-0.2, 0) is 6.54 Å². The van der Waals surface area contributed by atoms with Gasteiger partial charge in [0.05, 0.1) is 22.9 Å². The molecule has 0 amide bonds. The van der Waals surface area contributed by atoms with Gasteiger partial charge in [0, 0.05) is 59.6 Å². The molecule has 6 aromatic rings. The zero-order valence-corrected chi connectivity index (χ0v) is 26.6. The Bertz CT molecular complexity index is 2000. The van der Waals surface area contributed by atoms with Gasteiger partial charge < -0.3 is 15.0 Å². The van der Waals surface area contributed by atoms with E-state index in [0.29, 0.717) is 12.4 Å². The average molecular weight is 630 g/mol. The van der Waals surface area contributed by atoms with Crippen molar-refractivity contribution in [2.75, 3.05) is 32.8 Å². The molecule has 1 saturated heterocycles. The summed E-state index contributed by atoms with van der Waals surface area (Å²) in [6, 6.07) is 15.5. The average Bonchev–Trinajstić information content (AvgIpc) is 3.91. The van der Waals surface area contributed by atoms with Crippen LogP contribution in [0.4, 0.5) is 4.39 Å². The Morgan fingerprint density at radius 3 is 2.60 bits per heavy atom. The molecule has 0 bridgehead atoms. The van der Waals surface area contributed by atoms with E-state index in [-0.39, 0.29) is 5.82 Å². The van der Waals surface area contributed by atoms with Crippen molar-refractivity contribution in [3.05, 3.63) is 84.7 Å². The molecule has 4 aromatic heterocycles. The molecule has 240 valence electrons. The van der Waals surface area contributed by atoms with Crippen LogP contribution in [0.25, 0.3) is 55.4 Å². The van der Waals surface area contributed by atoms with Gasteiger partial charge in [-0.2, -0.15) is 5.10 Å². The molecular formula is C38H40FN7O. The van der Waals surface area contributed by atoms with E-state index in [1.807, 2.05) is 18.5 Å². The number of halogens is 1. The molecule has 0 unspecified atom stereocenters. The van der Waals surface area contributed by atoms with Crippen LogP contribution < -0.4 is 10.1 Å². The lowest BCUT2D eigenvalue weighted by molar-refractivity contribution is 0.237. The molecule has 8 nitrogen and oxygen atoms in total. The monoisotopic (exact) mass is 629 g/mol. The maximum absolute atomic E-state index is 14.8. The van der Waals surface area contributed by atoms with E-state index in [4.69, 9.17) is 9.84 Å². The normalized spacial score (nSPS) is 15.8. The number of hydrogen-bond donors (Lipinski definition) is 3. The van der Waals surface area contributed by atoms with E-state index in [1.54, 1.807) is 18.5 Å². The van der Waals surface area contributed by atoms with Gasteiger partial charge in [-0.25, -0.2) is 4.39 Å². The van der Waals surface area contributed by atoms with Crippen molar-refractivity contribution in [1.29, 1.82) is 0 Å². The van der Waals surface area contributed by atoms with Gasteiger partial charge in [-0.05, 0) is 104 Å². The predicted molar refractivity (Wildman–Crippen MR) is 185 cm³/mol. The van der Waals surface area contributed by atoms with Crippen LogP contribution in [0.2, 0.25) is 0 Å². The number of benzene rings is 2. The number of hydrogen-bond acceptors (Lipinski definition) is 6. The Balaban J connectivity index is 1.05. The largest absolute Gasteiger partial charge is 0.492 e. The third kappa shape index (κ3) is 6.50. The number of pyridine rings is 2. The number of nitrogens with zero attached hydrogens (tertiary/aromatic N) is 4. The summed E-state index contributed by atoms with van der Waals surface area (Å²) in [6.45, 7) is 5.49. The van der Waals surface area contributed by atoms with Crippen molar-refractivity contribution in [3.8, 4) is 39.4 Å².